The minimum Gasteiger partial charge on any atom is -0.507 e. The van der Waals surface area contributed by atoms with E-state index in [0.717, 1.165) is 0 Å². The van der Waals surface area contributed by atoms with Crippen molar-refractivity contribution in [2.24, 2.45) is 0 Å². The van der Waals surface area contributed by atoms with E-state index in [-0.39, 0.29) is 51.4 Å². The summed E-state index contributed by atoms with van der Waals surface area (Å²) in [7, 11) is -3.53. The van der Waals surface area contributed by atoms with Gasteiger partial charge in [0.1, 0.15) is 17.2 Å². The Morgan fingerprint density at radius 1 is 0.929 bits per heavy atom. The van der Waals surface area contributed by atoms with Gasteiger partial charge in [0, 0.05) is 10.6 Å². The Hall–Kier alpha value is -4.09. The number of carboxylic acids is 1. The van der Waals surface area contributed by atoms with Crippen LogP contribution < -0.4 is 14.8 Å². The summed E-state index contributed by atoms with van der Waals surface area (Å²) in [4.78, 5) is 35.8. The number of aryl methyl sites for hydroxylation is 1. The van der Waals surface area contributed by atoms with Crippen LogP contribution in [-0.2, 0) is 32.3 Å². The molecule has 0 saturated heterocycles. The molecule has 0 heterocycles. The quantitative estimate of drug-likeness (QED) is 0.198. The van der Waals surface area contributed by atoms with E-state index in [1.54, 1.807) is 12.1 Å². The number of ether oxygens (including phenoxy) is 2. The largest absolute Gasteiger partial charge is 0.507 e. The van der Waals surface area contributed by atoms with Gasteiger partial charge in [-0.1, -0.05) is 31.0 Å². The molecule has 0 aliphatic rings. The SMILES string of the molecule is CCCc1c(OCC(=O)Nc2cc(CCCS(=O)(=O)c3ccc(Cl)cc3)ccc2OCC(=O)O)ccc(C(C)=O)c1O. The second-order valence-electron chi connectivity index (χ2n) is 9.47. The Bertz CT molecular complexity index is 1550. The fourth-order valence-electron chi connectivity index (χ4n) is 4.18. The summed E-state index contributed by atoms with van der Waals surface area (Å²) in [6.07, 6.45) is 1.73. The topological polar surface area (TPSA) is 156 Å². The summed E-state index contributed by atoms with van der Waals surface area (Å²) >= 11 is 5.85. The molecule has 0 fully saturated rings. The van der Waals surface area contributed by atoms with E-state index in [1.807, 2.05) is 6.92 Å². The standard InChI is InChI=1S/C30H32ClNO9S/c1-3-5-24-26(14-12-23(19(2)33)30(24)37)40-17-28(34)32-25-16-20(7-13-27(25)41-18-29(35)36)6-4-15-42(38,39)22-10-8-21(31)9-11-22/h7-14,16,37H,3-6,15,17-18H2,1-2H3,(H,32,34)(H,35,36). The lowest BCUT2D eigenvalue weighted by Crippen LogP contribution is -2.21. The molecule has 0 aromatic heterocycles. The average molecular weight is 618 g/mol. The zero-order chi connectivity index (χ0) is 30.9. The number of phenols is 1. The molecule has 3 rings (SSSR count). The van der Waals surface area contributed by atoms with Gasteiger partial charge in [-0.25, -0.2) is 13.2 Å². The Labute approximate surface area is 249 Å². The highest BCUT2D eigenvalue weighted by atomic mass is 35.5. The number of benzene rings is 3. The van der Waals surface area contributed by atoms with Crippen LogP contribution in [0.2, 0.25) is 5.02 Å². The lowest BCUT2D eigenvalue weighted by molar-refractivity contribution is -0.139. The van der Waals surface area contributed by atoms with Crippen molar-refractivity contribution in [2.75, 3.05) is 24.3 Å². The van der Waals surface area contributed by atoms with Crippen molar-refractivity contribution in [1.29, 1.82) is 0 Å². The van der Waals surface area contributed by atoms with Gasteiger partial charge in [-0.05, 0) is 80.3 Å². The first-order chi connectivity index (χ1) is 19.9. The van der Waals surface area contributed by atoms with Crippen molar-refractivity contribution in [2.45, 2.75) is 44.4 Å². The maximum Gasteiger partial charge on any atom is 0.341 e. The predicted octanol–water partition coefficient (Wildman–Crippen LogP) is 5.09. The second-order valence-corrected chi connectivity index (χ2v) is 12.0. The van der Waals surface area contributed by atoms with Gasteiger partial charge in [0.2, 0.25) is 0 Å². The predicted molar refractivity (Wildman–Crippen MR) is 158 cm³/mol. The molecule has 0 aliphatic carbocycles. The fourth-order valence-corrected chi connectivity index (χ4v) is 5.62. The number of rotatable bonds is 15. The van der Waals surface area contributed by atoms with Crippen LogP contribution in [0, 0.1) is 0 Å². The number of anilines is 1. The number of halogens is 1. The van der Waals surface area contributed by atoms with E-state index < -0.39 is 34.9 Å². The summed E-state index contributed by atoms with van der Waals surface area (Å²) < 4.78 is 36.3. The maximum atomic E-state index is 12.8. The second kappa shape index (κ2) is 14.7. The molecular formula is C30H32ClNO9S. The molecule has 42 heavy (non-hydrogen) atoms. The summed E-state index contributed by atoms with van der Waals surface area (Å²) in [6, 6.07) is 13.6. The van der Waals surface area contributed by atoms with Gasteiger partial charge in [0.05, 0.1) is 21.9 Å². The molecule has 0 radical (unpaired) electrons. The van der Waals surface area contributed by atoms with Crippen LogP contribution in [0.3, 0.4) is 0 Å². The molecule has 3 N–H and O–H groups in total. The molecule has 0 spiro atoms. The van der Waals surface area contributed by atoms with Crippen molar-refractivity contribution in [3.63, 3.8) is 0 Å². The summed E-state index contributed by atoms with van der Waals surface area (Å²) in [5, 5.41) is 22.6. The number of phenolic OH excluding ortho intramolecular Hbond substituents is 1. The van der Waals surface area contributed by atoms with Crippen molar-refractivity contribution in [3.8, 4) is 17.2 Å². The van der Waals surface area contributed by atoms with Crippen LogP contribution in [0.4, 0.5) is 5.69 Å². The number of Topliss-reactive ketones (excluding diaryl/α,β-unsaturated/α-hetero) is 1. The molecule has 224 valence electrons. The lowest BCUT2D eigenvalue weighted by atomic mass is 10.0. The van der Waals surface area contributed by atoms with Crippen LogP contribution >= 0.6 is 11.6 Å². The molecule has 12 heteroatoms. The maximum absolute atomic E-state index is 12.8. The Kier molecular flexibility index (Phi) is 11.3. The first kappa shape index (κ1) is 32.4. The molecule has 0 bridgehead atoms. The summed E-state index contributed by atoms with van der Waals surface area (Å²) in [6.45, 7) is 2.16. The highest BCUT2D eigenvalue weighted by molar-refractivity contribution is 7.91. The molecule has 0 saturated carbocycles. The van der Waals surface area contributed by atoms with Gasteiger partial charge in [-0.2, -0.15) is 0 Å². The van der Waals surface area contributed by atoms with Gasteiger partial charge in [0.25, 0.3) is 5.91 Å². The molecule has 3 aromatic rings. The highest BCUT2D eigenvalue weighted by Crippen LogP contribution is 2.33. The number of amides is 1. The van der Waals surface area contributed by atoms with Gasteiger partial charge in [-0.3, -0.25) is 9.59 Å². The van der Waals surface area contributed by atoms with Gasteiger partial charge in [0.15, 0.2) is 28.8 Å². The molecule has 10 nitrogen and oxygen atoms in total. The number of sulfone groups is 1. The number of hydrogen-bond donors (Lipinski definition) is 3. The zero-order valence-electron chi connectivity index (χ0n) is 23.2. The Morgan fingerprint density at radius 2 is 1.60 bits per heavy atom. The van der Waals surface area contributed by atoms with Gasteiger partial charge in [-0.15, -0.1) is 0 Å². The highest BCUT2D eigenvalue weighted by Gasteiger charge is 2.18. The number of carbonyl (C=O) groups is 3. The lowest BCUT2D eigenvalue weighted by Gasteiger charge is -2.16. The number of ketones is 1. The van der Waals surface area contributed by atoms with E-state index in [0.29, 0.717) is 35.4 Å². The molecule has 0 aliphatic heterocycles. The average Bonchev–Trinajstić information content (AvgIpc) is 2.93. The first-order valence-electron chi connectivity index (χ1n) is 13.2. The van der Waals surface area contributed by atoms with Crippen LogP contribution in [0.5, 0.6) is 17.2 Å². The van der Waals surface area contributed by atoms with E-state index in [9.17, 15) is 27.9 Å². The Balaban J connectivity index is 1.72. The number of aliphatic carboxylic acids is 1. The van der Waals surface area contributed by atoms with E-state index in [2.05, 4.69) is 5.32 Å². The molecular weight excluding hydrogens is 586 g/mol. The van der Waals surface area contributed by atoms with E-state index in [4.69, 9.17) is 26.2 Å². The molecule has 1 amide bonds. The number of nitrogens with one attached hydrogen (secondary N) is 1. The van der Waals surface area contributed by atoms with Crippen LogP contribution in [-0.4, -0.2) is 55.3 Å². The van der Waals surface area contributed by atoms with Gasteiger partial charge < -0.3 is 25.0 Å². The third kappa shape index (κ3) is 8.95. The normalized spacial score (nSPS) is 11.1. The Morgan fingerprint density at radius 3 is 2.24 bits per heavy atom. The molecule has 3 aromatic carbocycles. The summed E-state index contributed by atoms with van der Waals surface area (Å²) in [5.74, 6) is -2.02. The van der Waals surface area contributed by atoms with Crippen LogP contribution in [0.15, 0.2) is 59.5 Å². The molecule has 0 unspecified atom stereocenters. The molecule has 0 atom stereocenters. The minimum atomic E-state index is -3.53. The third-order valence-corrected chi connectivity index (χ3v) is 8.27. The summed E-state index contributed by atoms with van der Waals surface area (Å²) in [5.41, 5.74) is 1.45. The smallest absolute Gasteiger partial charge is 0.341 e. The first-order valence-corrected chi connectivity index (χ1v) is 15.2. The van der Waals surface area contributed by atoms with Crippen molar-refractivity contribution >= 4 is 44.8 Å². The van der Waals surface area contributed by atoms with E-state index >= 15 is 0 Å². The van der Waals surface area contributed by atoms with Gasteiger partial charge >= 0.3 is 5.97 Å². The monoisotopic (exact) mass is 617 g/mol. The number of carbonyl (C=O) groups excluding carboxylic acids is 2. The zero-order valence-corrected chi connectivity index (χ0v) is 24.8. The fraction of sp³-hybridized carbons (Fsp3) is 0.300. The van der Waals surface area contributed by atoms with Crippen molar-refractivity contribution < 1.29 is 42.5 Å². The minimum absolute atomic E-state index is 0.110. The number of carboxylic acid groups (broad SMARTS) is 1. The number of aromatic hydroxyl groups is 1. The van der Waals surface area contributed by atoms with Crippen molar-refractivity contribution in [3.05, 3.63) is 76.3 Å². The van der Waals surface area contributed by atoms with Crippen LogP contribution in [0.1, 0.15) is 48.2 Å². The third-order valence-electron chi connectivity index (χ3n) is 6.20. The number of hydrogen-bond acceptors (Lipinski definition) is 8. The van der Waals surface area contributed by atoms with Crippen LogP contribution in [0.25, 0.3) is 0 Å². The van der Waals surface area contributed by atoms with E-state index in [1.165, 1.54) is 49.4 Å². The van der Waals surface area contributed by atoms with Crippen molar-refractivity contribution in [1.82, 2.24) is 0 Å².